The fourth-order valence-electron chi connectivity index (χ4n) is 1.75. The number of H-pyrrole nitrogens is 1. The normalized spacial score (nSPS) is 10.3. The van der Waals surface area contributed by atoms with E-state index in [0.717, 1.165) is 11.3 Å². The Balaban J connectivity index is 2.15. The minimum atomic E-state index is -0.0894. The van der Waals surface area contributed by atoms with Crippen molar-refractivity contribution in [3.8, 4) is 0 Å². The highest BCUT2D eigenvalue weighted by atomic mass is 16.2. The van der Waals surface area contributed by atoms with Gasteiger partial charge in [-0.15, -0.1) is 0 Å². The van der Waals surface area contributed by atoms with Gasteiger partial charge in [-0.25, -0.2) is 4.98 Å². The molecule has 0 saturated heterocycles. The number of aromatic nitrogens is 3. The number of aryl methyl sites for hydroxylation is 1. The molecule has 0 aliphatic rings. The van der Waals surface area contributed by atoms with Crippen LogP contribution < -0.4 is 5.73 Å². The summed E-state index contributed by atoms with van der Waals surface area (Å²) in [6.45, 7) is 2.31. The molecule has 18 heavy (non-hydrogen) atoms. The van der Waals surface area contributed by atoms with Crippen molar-refractivity contribution in [3.63, 3.8) is 0 Å². The first kappa shape index (κ1) is 12.1. The summed E-state index contributed by atoms with van der Waals surface area (Å²) in [6.07, 6.45) is 3.45. The number of nitrogens with two attached hydrogens (primary N) is 1. The fourth-order valence-corrected chi connectivity index (χ4v) is 1.75. The van der Waals surface area contributed by atoms with Crippen molar-refractivity contribution < 1.29 is 4.79 Å². The minimum absolute atomic E-state index is 0.0894. The highest BCUT2D eigenvalue weighted by Gasteiger charge is 2.13. The summed E-state index contributed by atoms with van der Waals surface area (Å²) >= 11 is 0. The Bertz CT molecular complexity index is 529. The largest absolute Gasteiger partial charge is 0.384 e. The maximum atomic E-state index is 12.2. The van der Waals surface area contributed by atoms with Crippen LogP contribution in [0, 0.1) is 6.92 Å². The Morgan fingerprint density at radius 3 is 2.89 bits per heavy atom. The van der Waals surface area contributed by atoms with Crippen molar-refractivity contribution >= 4 is 11.7 Å². The number of carbonyl (C=O) groups excluding carboxylic acids is 1. The standard InChI is InChI=1S/C12H15N5O/c1-8-3-10(4-11(13)16-8)12(18)17(2)7-9-5-14-15-6-9/h3-6H,7H2,1-2H3,(H2,13,16)(H,14,15). The van der Waals surface area contributed by atoms with Crippen LogP contribution in [0.25, 0.3) is 0 Å². The van der Waals surface area contributed by atoms with Crippen LogP contribution in [-0.4, -0.2) is 33.0 Å². The monoisotopic (exact) mass is 245 g/mol. The summed E-state index contributed by atoms with van der Waals surface area (Å²) in [4.78, 5) is 17.8. The minimum Gasteiger partial charge on any atom is -0.384 e. The van der Waals surface area contributed by atoms with E-state index in [-0.39, 0.29) is 5.91 Å². The van der Waals surface area contributed by atoms with Gasteiger partial charge in [-0.3, -0.25) is 9.89 Å². The first-order valence-corrected chi connectivity index (χ1v) is 5.53. The number of nitrogen functional groups attached to an aromatic ring is 1. The number of amides is 1. The number of nitrogens with one attached hydrogen (secondary N) is 1. The SMILES string of the molecule is Cc1cc(C(=O)N(C)Cc2cn[nH]c2)cc(N)n1. The van der Waals surface area contributed by atoms with Gasteiger partial charge in [0, 0.05) is 36.6 Å². The predicted octanol–water partition coefficient (Wildman–Crippen LogP) is 0.968. The average molecular weight is 245 g/mol. The number of rotatable bonds is 3. The van der Waals surface area contributed by atoms with E-state index in [0.29, 0.717) is 17.9 Å². The molecule has 2 aromatic heterocycles. The number of hydrogen-bond donors (Lipinski definition) is 2. The maximum Gasteiger partial charge on any atom is 0.254 e. The Hall–Kier alpha value is -2.37. The lowest BCUT2D eigenvalue weighted by Gasteiger charge is -2.16. The zero-order valence-electron chi connectivity index (χ0n) is 10.3. The van der Waals surface area contributed by atoms with Gasteiger partial charge in [-0.2, -0.15) is 5.10 Å². The molecule has 3 N–H and O–H groups in total. The van der Waals surface area contributed by atoms with Crippen LogP contribution in [0.3, 0.4) is 0 Å². The van der Waals surface area contributed by atoms with E-state index in [1.54, 1.807) is 36.5 Å². The Kier molecular flexibility index (Phi) is 3.27. The van der Waals surface area contributed by atoms with Crippen LogP contribution in [0.1, 0.15) is 21.6 Å². The maximum absolute atomic E-state index is 12.2. The third-order valence-electron chi connectivity index (χ3n) is 2.54. The molecular weight excluding hydrogens is 230 g/mol. The number of nitrogens with zero attached hydrogens (tertiary/aromatic N) is 3. The molecule has 0 fully saturated rings. The van der Waals surface area contributed by atoms with E-state index in [1.165, 1.54) is 0 Å². The smallest absolute Gasteiger partial charge is 0.254 e. The van der Waals surface area contributed by atoms with Gasteiger partial charge in [-0.05, 0) is 19.1 Å². The van der Waals surface area contributed by atoms with Crippen molar-refractivity contribution in [1.82, 2.24) is 20.1 Å². The van der Waals surface area contributed by atoms with Gasteiger partial charge in [0.15, 0.2) is 0 Å². The number of carbonyl (C=O) groups is 1. The summed E-state index contributed by atoms with van der Waals surface area (Å²) in [5, 5.41) is 6.56. The molecule has 2 heterocycles. The molecule has 94 valence electrons. The Labute approximate surface area is 105 Å². The van der Waals surface area contributed by atoms with Crippen LogP contribution in [-0.2, 0) is 6.54 Å². The third-order valence-corrected chi connectivity index (χ3v) is 2.54. The molecule has 6 nitrogen and oxygen atoms in total. The van der Waals surface area contributed by atoms with Gasteiger partial charge in [-0.1, -0.05) is 0 Å². The molecule has 0 radical (unpaired) electrons. The van der Waals surface area contributed by atoms with E-state index in [1.807, 2.05) is 6.92 Å². The average Bonchev–Trinajstić information content (AvgIpc) is 2.79. The molecule has 0 aliphatic carbocycles. The summed E-state index contributed by atoms with van der Waals surface area (Å²) in [7, 11) is 1.74. The number of hydrogen-bond acceptors (Lipinski definition) is 4. The first-order chi connectivity index (χ1) is 8.56. The predicted molar refractivity (Wildman–Crippen MR) is 67.8 cm³/mol. The van der Waals surface area contributed by atoms with Crippen LogP contribution in [0.5, 0.6) is 0 Å². The van der Waals surface area contributed by atoms with Gasteiger partial charge < -0.3 is 10.6 Å². The highest BCUT2D eigenvalue weighted by molar-refractivity contribution is 5.94. The molecule has 0 spiro atoms. The zero-order chi connectivity index (χ0) is 13.1. The molecule has 0 aliphatic heterocycles. The summed E-state index contributed by atoms with van der Waals surface area (Å²) in [5.41, 5.74) is 7.86. The Morgan fingerprint density at radius 1 is 1.50 bits per heavy atom. The van der Waals surface area contributed by atoms with E-state index in [2.05, 4.69) is 15.2 Å². The van der Waals surface area contributed by atoms with Crippen molar-refractivity contribution in [2.24, 2.45) is 0 Å². The second kappa shape index (κ2) is 4.87. The first-order valence-electron chi connectivity index (χ1n) is 5.53. The van der Waals surface area contributed by atoms with Crippen molar-refractivity contribution in [2.75, 3.05) is 12.8 Å². The quantitative estimate of drug-likeness (QED) is 0.843. The van der Waals surface area contributed by atoms with Gasteiger partial charge in [0.1, 0.15) is 5.82 Å². The number of anilines is 1. The van der Waals surface area contributed by atoms with Crippen molar-refractivity contribution in [3.05, 3.63) is 41.3 Å². The van der Waals surface area contributed by atoms with Crippen LogP contribution in [0.2, 0.25) is 0 Å². The molecule has 0 aromatic carbocycles. The number of pyridine rings is 1. The van der Waals surface area contributed by atoms with Gasteiger partial charge in [0.05, 0.1) is 6.20 Å². The van der Waals surface area contributed by atoms with E-state index < -0.39 is 0 Å². The molecule has 0 atom stereocenters. The number of aromatic amines is 1. The lowest BCUT2D eigenvalue weighted by Crippen LogP contribution is -2.26. The van der Waals surface area contributed by atoms with Gasteiger partial charge in [0.25, 0.3) is 5.91 Å². The van der Waals surface area contributed by atoms with E-state index >= 15 is 0 Å². The van der Waals surface area contributed by atoms with Gasteiger partial charge in [0.2, 0.25) is 0 Å². The molecule has 6 heteroatoms. The lowest BCUT2D eigenvalue weighted by atomic mass is 10.2. The summed E-state index contributed by atoms with van der Waals surface area (Å²) in [6, 6.07) is 3.31. The van der Waals surface area contributed by atoms with E-state index in [4.69, 9.17) is 5.73 Å². The molecule has 2 aromatic rings. The van der Waals surface area contributed by atoms with Crippen LogP contribution in [0.15, 0.2) is 24.5 Å². The topological polar surface area (TPSA) is 87.9 Å². The molecule has 1 amide bonds. The zero-order valence-corrected chi connectivity index (χ0v) is 10.3. The molecule has 0 saturated carbocycles. The second-order valence-corrected chi connectivity index (χ2v) is 4.19. The molecular formula is C12H15N5O. The second-order valence-electron chi connectivity index (χ2n) is 4.19. The van der Waals surface area contributed by atoms with E-state index in [9.17, 15) is 4.79 Å². The summed E-state index contributed by atoms with van der Waals surface area (Å²) in [5.74, 6) is 0.267. The highest BCUT2D eigenvalue weighted by Crippen LogP contribution is 2.11. The third kappa shape index (κ3) is 2.65. The van der Waals surface area contributed by atoms with Crippen LogP contribution >= 0.6 is 0 Å². The van der Waals surface area contributed by atoms with Crippen molar-refractivity contribution in [2.45, 2.75) is 13.5 Å². The van der Waals surface area contributed by atoms with Gasteiger partial charge >= 0.3 is 0 Å². The van der Waals surface area contributed by atoms with Crippen LogP contribution in [0.4, 0.5) is 5.82 Å². The summed E-state index contributed by atoms with van der Waals surface area (Å²) < 4.78 is 0. The lowest BCUT2D eigenvalue weighted by molar-refractivity contribution is 0.0785. The Morgan fingerprint density at radius 2 is 2.28 bits per heavy atom. The van der Waals surface area contributed by atoms with Crippen molar-refractivity contribution in [1.29, 1.82) is 0 Å². The molecule has 0 bridgehead atoms. The molecule has 2 rings (SSSR count). The fraction of sp³-hybridized carbons (Fsp3) is 0.250. The molecule has 0 unspecified atom stereocenters.